The molecular weight excluding hydrogens is 372 g/mol. The Balaban J connectivity index is 1.64. The SMILES string of the molecule is Cc1nc2ccccc2c(C)c1CC(=O)N(Cc1ccncc1)Cc1cccnc1. The van der Waals surface area contributed by atoms with Gasteiger partial charge in [0.2, 0.25) is 5.91 Å². The van der Waals surface area contributed by atoms with Gasteiger partial charge in [0.25, 0.3) is 0 Å². The average molecular weight is 396 g/mol. The lowest BCUT2D eigenvalue weighted by molar-refractivity contribution is -0.131. The van der Waals surface area contributed by atoms with Crippen LogP contribution in [0, 0.1) is 13.8 Å². The van der Waals surface area contributed by atoms with Gasteiger partial charge in [-0.05, 0) is 60.4 Å². The van der Waals surface area contributed by atoms with Gasteiger partial charge in [-0.2, -0.15) is 0 Å². The van der Waals surface area contributed by atoms with Crippen LogP contribution in [0.25, 0.3) is 10.9 Å². The molecule has 0 fully saturated rings. The number of aryl methyl sites for hydroxylation is 2. The van der Waals surface area contributed by atoms with Gasteiger partial charge in [0.05, 0.1) is 11.9 Å². The van der Waals surface area contributed by atoms with E-state index in [0.717, 1.165) is 38.9 Å². The third-order valence-electron chi connectivity index (χ3n) is 5.39. The Morgan fingerprint density at radius 2 is 1.63 bits per heavy atom. The van der Waals surface area contributed by atoms with Crippen LogP contribution in [0.5, 0.6) is 0 Å². The molecule has 1 amide bonds. The van der Waals surface area contributed by atoms with Gasteiger partial charge in [-0.25, -0.2) is 0 Å². The summed E-state index contributed by atoms with van der Waals surface area (Å²) in [6.45, 7) is 5.09. The highest BCUT2D eigenvalue weighted by molar-refractivity contribution is 5.86. The highest BCUT2D eigenvalue weighted by Gasteiger charge is 2.19. The van der Waals surface area contributed by atoms with Crippen molar-refractivity contribution in [2.45, 2.75) is 33.4 Å². The Kier molecular flexibility index (Phi) is 5.80. The summed E-state index contributed by atoms with van der Waals surface area (Å²) in [4.78, 5) is 28.3. The number of fused-ring (bicyclic) bond motifs is 1. The second-order valence-corrected chi connectivity index (χ2v) is 7.46. The van der Waals surface area contributed by atoms with E-state index in [1.54, 1.807) is 24.8 Å². The number of hydrogen-bond acceptors (Lipinski definition) is 4. The Bertz CT molecular complexity index is 1120. The molecule has 3 heterocycles. The fourth-order valence-corrected chi connectivity index (χ4v) is 3.75. The first kappa shape index (κ1) is 19.7. The summed E-state index contributed by atoms with van der Waals surface area (Å²) in [5.41, 5.74) is 6.05. The van der Waals surface area contributed by atoms with Crippen molar-refractivity contribution >= 4 is 16.8 Å². The van der Waals surface area contributed by atoms with E-state index in [1.165, 1.54) is 0 Å². The van der Waals surface area contributed by atoms with E-state index in [9.17, 15) is 4.79 Å². The number of nitrogens with zero attached hydrogens (tertiary/aromatic N) is 4. The number of amides is 1. The summed E-state index contributed by atoms with van der Waals surface area (Å²) >= 11 is 0. The Labute approximate surface area is 176 Å². The normalized spacial score (nSPS) is 10.9. The molecule has 5 heteroatoms. The minimum absolute atomic E-state index is 0.0685. The Morgan fingerprint density at radius 3 is 2.40 bits per heavy atom. The molecular formula is C25H24N4O. The van der Waals surface area contributed by atoms with Gasteiger partial charge in [-0.3, -0.25) is 19.7 Å². The summed E-state index contributed by atoms with van der Waals surface area (Å²) in [5, 5.41) is 1.10. The Hall–Kier alpha value is -3.60. The zero-order valence-corrected chi connectivity index (χ0v) is 17.2. The largest absolute Gasteiger partial charge is 0.334 e. The predicted octanol–water partition coefficient (Wildman–Crippen LogP) is 4.41. The number of rotatable bonds is 6. The number of aromatic nitrogens is 3. The fraction of sp³-hybridized carbons (Fsp3) is 0.200. The first-order chi connectivity index (χ1) is 14.6. The number of para-hydroxylation sites is 1. The molecule has 0 bridgehead atoms. The van der Waals surface area contributed by atoms with Gasteiger partial charge in [-0.15, -0.1) is 0 Å². The van der Waals surface area contributed by atoms with Crippen LogP contribution in [0.1, 0.15) is 27.9 Å². The summed E-state index contributed by atoms with van der Waals surface area (Å²) in [7, 11) is 0. The van der Waals surface area contributed by atoms with E-state index in [0.29, 0.717) is 19.5 Å². The van der Waals surface area contributed by atoms with Crippen LogP contribution in [0.4, 0.5) is 0 Å². The second-order valence-electron chi connectivity index (χ2n) is 7.46. The Morgan fingerprint density at radius 1 is 0.867 bits per heavy atom. The topological polar surface area (TPSA) is 59.0 Å². The minimum atomic E-state index is 0.0685. The molecule has 4 aromatic rings. The molecule has 5 nitrogen and oxygen atoms in total. The van der Waals surface area contributed by atoms with Crippen LogP contribution in [-0.4, -0.2) is 25.8 Å². The van der Waals surface area contributed by atoms with Crippen LogP contribution < -0.4 is 0 Å². The smallest absolute Gasteiger partial charge is 0.227 e. The van der Waals surface area contributed by atoms with Crippen molar-refractivity contribution in [3.8, 4) is 0 Å². The molecule has 3 aromatic heterocycles. The lowest BCUT2D eigenvalue weighted by Gasteiger charge is -2.24. The van der Waals surface area contributed by atoms with Crippen molar-refractivity contribution in [2.75, 3.05) is 0 Å². The number of carbonyl (C=O) groups is 1. The lowest BCUT2D eigenvalue weighted by atomic mass is 9.99. The van der Waals surface area contributed by atoms with Crippen molar-refractivity contribution in [1.82, 2.24) is 19.9 Å². The predicted molar refractivity (Wildman–Crippen MR) is 118 cm³/mol. The van der Waals surface area contributed by atoms with E-state index in [2.05, 4.69) is 23.0 Å². The van der Waals surface area contributed by atoms with Crippen molar-refractivity contribution in [1.29, 1.82) is 0 Å². The number of carbonyl (C=O) groups excluding carboxylic acids is 1. The lowest BCUT2D eigenvalue weighted by Crippen LogP contribution is -2.32. The van der Waals surface area contributed by atoms with Gasteiger partial charge < -0.3 is 4.90 Å². The zero-order valence-electron chi connectivity index (χ0n) is 17.2. The summed E-state index contributed by atoms with van der Waals surface area (Å²) < 4.78 is 0. The number of benzene rings is 1. The highest BCUT2D eigenvalue weighted by atomic mass is 16.2. The molecule has 1 aromatic carbocycles. The second kappa shape index (κ2) is 8.82. The molecule has 0 aliphatic carbocycles. The molecule has 0 saturated heterocycles. The first-order valence-corrected chi connectivity index (χ1v) is 10.0. The zero-order chi connectivity index (χ0) is 20.9. The maximum Gasteiger partial charge on any atom is 0.227 e. The van der Waals surface area contributed by atoms with Crippen molar-refractivity contribution in [3.63, 3.8) is 0 Å². The fourth-order valence-electron chi connectivity index (χ4n) is 3.75. The van der Waals surface area contributed by atoms with E-state index in [-0.39, 0.29) is 5.91 Å². The summed E-state index contributed by atoms with van der Waals surface area (Å²) in [5.74, 6) is 0.0685. The van der Waals surface area contributed by atoms with Gasteiger partial charge in [-0.1, -0.05) is 24.3 Å². The monoisotopic (exact) mass is 396 g/mol. The van der Waals surface area contributed by atoms with E-state index < -0.39 is 0 Å². The van der Waals surface area contributed by atoms with Crippen molar-refractivity contribution in [2.24, 2.45) is 0 Å². The van der Waals surface area contributed by atoms with Crippen LogP contribution in [0.15, 0.2) is 73.3 Å². The maximum atomic E-state index is 13.4. The number of hydrogen-bond donors (Lipinski definition) is 0. The van der Waals surface area contributed by atoms with Gasteiger partial charge >= 0.3 is 0 Å². The molecule has 0 unspecified atom stereocenters. The van der Waals surface area contributed by atoms with Crippen molar-refractivity contribution in [3.05, 3.63) is 101 Å². The standard InChI is InChI=1S/C25H24N4O/c1-18-22-7-3-4-8-24(22)28-19(2)23(18)14-25(30)29(16-20-9-12-26-13-10-20)17-21-6-5-11-27-15-21/h3-13,15H,14,16-17H2,1-2H3. The van der Waals surface area contributed by atoms with Crippen LogP contribution in [0.2, 0.25) is 0 Å². The maximum absolute atomic E-state index is 13.4. The average Bonchev–Trinajstić information content (AvgIpc) is 2.77. The minimum Gasteiger partial charge on any atom is -0.334 e. The third-order valence-corrected chi connectivity index (χ3v) is 5.39. The molecule has 0 saturated carbocycles. The van der Waals surface area contributed by atoms with Gasteiger partial charge in [0.15, 0.2) is 0 Å². The van der Waals surface area contributed by atoms with E-state index in [1.807, 2.05) is 54.3 Å². The van der Waals surface area contributed by atoms with Gasteiger partial charge in [0.1, 0.15) is 0 Å². The number of pyridine rings is 3. The molecule has 0 aliphatic heterocycles. The van der Waals surface area contributed by atoms with Crippen LogP contribution in [0.3, 0.4) is 0 Å². The quantitative estimate of drug-likeness (QED) is 0.484. The molecule has 0 radical (unpaired) electrons. The highest BCUT2D eigenvalue weighted by Crippen LogP contribution is 2.24. The third kappa shape index (κ3) is 4.35. The molecule has 4 rings (SSSR count). The summed E-state index contributed by atoms with van der Waals surface area (Å²) in [6.07, 6.45) is 7.38. The summed E-state index contributed by atoms with van der Waals surface area (Å²) in [6, 6.07) is 15.9. The van der Waals surface area contributed by atoms with E-state index >= 15 is 0 Å². The first-order valence-electron chi connectivity index (χ1n) is 10.0. The molecule has 0 spiro atoms. The van der Waals surface area contributed by atoms with Crippen molar-refractivity contribution < 1.29 is 4.79 Å². The van der Waals surface area contributed by atoms with Crippen LogP contribution in [-0.2, 0) is 24.3 Å². The van der Waals surface area contributed by atoms with E-state index in [4.69, 9.17) is 4.98 Å². The molecule has 0 aliphatic rings. The molecule has 0 atom stereocenters. The molecule has 0 N–H and O–H groups in total. The van der Waals surface area contributed by atoms with Crippen LogP contribution >= 0.6 is 0 Å². The molecule has 150 valence electrons. The molecule has 30 heavy (non-hydrogen) atoms. The van der Waals surface area contributed by atoms with Gasteiger partial charge in [0, 0.05) is 49.0 Å².